The number of carbonyl (C=O) groups excluding carboxylic acids is 4. The Bertz CT molecular complexity index is 2760. The highest BCUT2D eigenvalue weighted by Gasteiger charge is 2.38. The van der Waals surface area contributed by atoms with Crippen molar-refractivity contribution in [3.05, 3.63) is 124 Å². The number of aliphatic imine (C=N–C) groups is 2. The summed E-state index contributed by atoms with van der Waals surface area (Å²) >= 11 is 0. The Morgan fingerprint density at radius 3 is 1.74 bits per heavy atom. The summed E-state index contributed by atoms with van der Waals surface area (Å²) in [7, 11) is 6.67. The van der Waals surface area contributed by atoms with E-state index in [1.54, 1.807) is 62.6 Å². The summed E-state index contributed by atoms with van der Waals surface area (Å²) in [4.78, 5) is 66.3. The Balaban J connectivity index is 0.933. The van der Waals surface area contributed by atoms with Crippen LogP contribution >= 0.6 is 21.6 Å². The average Bonchev–Trinajstić information content (AvgIpc) is 3.84. The molecule has 3 amide bonds. The fraction of sp³-hybridized carbons (Fsp3) is 0.345. The number of Topliss-reactive ketones (excluding diaryl/α,β-unsaturated/α-hetero) is 1. The second kappa shape index (κ2) is 20.8. The molecule has 0 saturated carbocycles. The molecule has 13 nitrogen and oxygen atoms in total. The van der Waals surface area contributed by atoms with E-state index < -0.39 is 0 Å². The molecule has 70 heavy (non-hydrogen) atoms. The third-order valence-electron chi connectivity index (χ3n) is 12.9. The minimum Gasteiger partial charge on any atom is -0.493 e. The molecule has 0 bridgehead atoms. The number of hydrogen-bond acceptors (Lipinski definition) is 12. The molecule has 0 saturated heterocycles. The third kappa shape index (κ3) is 10.6. The molecule has 4 aliphatic rings. The van der Waals surface area contributed by atoms with Crippen molar-refractivity contribution in [3.63, 3.8) is 0 Å². The molecule has 1 N–H and O–H groups in total. The number of amides is 3. The molecule has 9 rings (SSSR count). The summed E-state index contributed by atoms with van der Waals surface area (Å²) in [6.45, 7) is 8.32. The van der Waals surface area contributed by atoms with Crippen LogP contribution in [0.25, 0.3) is 0 Å². The van der Waals surface area contributed by atoms with Crippen LogP contribution in [0.3, 0.4) is 0 Å². The zero-order valence-corrected chi connectivity index (χ0v) is 41.9. The minimum atomic E-state index is -0.203. The highest BCUT2D eigenvalue weighted by atomic mass is 33.1. The first kappa shape index (κ1) is 48.4. The van der Waals surface area contributed by atoms with E-state index >= 15 is 0 Å². The summed E-state index contributed by atoms with van der Waals surface area (Å²) in [5, 5.41) is 3.47. The minimum absolute atomic E-state index is 0.0633. The topological polar surface area (TPSA) is 148 Å². The van der Waals surface area contributed by atoms with Crippen LogP contribution in [0.15, 0.2) is 101 Å². The van der Waals surface area contributed by atoms with Crippen molar-refractivity contribution in [1.29, 1.82) is 0 Å². The molecule has 0 fully saturated rings. The number of methoxy groups -OCH3 is 2. The number of carbonyl (C=O) groups is 4. The Labute approximate surface area is 416 Å². The molecule has 3 atom stereocenters. The normalized spacial score (nSPS) is 16.8. The fourth-order valence-corrected chi connectivity index (χ4v) is 12.0. The van der Waals surface area contributed by atoms with Gasteiger partial charge in [0.1, 0.15) is 19.0 Å². The highest BCUT2D eigenvalue weighted by Crippen LogP contribution is 2.45. The van der Waals surface area contributed by atoms with Crippen molar-refractivity contribution in [2.75, 3.05) is 29.3 Å². The number of rotatable bonds is 19. The Morgan fingerprint density at radius 1 is 0.729 bits per heavy atom. The number of nitrogens with one attached hydrogen (secondary N) is 1. The predicted octanol–water partition coefficient (Wildman–Crippen LogP) is 11.5. The van der Waals surface area contributed by atoms with Crippen LogP contribution in [-0.2, 0) is 35.6 Å². The van der Waals surface area contributed by atoms with Crippen LogP contribution in [0, 0.1) is 0 Å². The Morgan fingerprint density at radius 2 is 1.24 bits per heavy atom. The van der Waals surface area contributed by atoms with Gasteiger partial charge in [0.05, 0.1) is 48.8 Å². The van der Waals surface area contributed by atoms with Gasteiger partial charge in [0.2, 0.25) is 5.91 Å². The SMILES string of the molecule is COc1cc2c(cc1OCc1cc(COc3cc4c(cc3OC)C(=O)N3c5ccccc5C[C@H]3C=N4)cc(NC(=O)CCCC(C)(C)SSC(C)CCC(C)=O)c1)N=C[C@@H]1Cc3ccccc3N1C2=O. The molecule has 5 aromatic carbocycles. The summed E-state index contributed by atoms with van der Waals surface area (Å²) in [6.07, 6.45) is 8.28. The molecule has 0 radical (unpaired) electrons. The molecular formula is C55H57N5O8S2. The third-order valence-corrected chi connectivity index (χ3v) is 16.8. The maximum atomic E-state index is 14.1. The first-order valence-electron chi connectivity index (χ1n) is 23.6. The van der Waals surface area contributed by atoms with Gasteiger partial charge < -0.3 is 29.1 Å². The van der Waals surface area contributed by atoms with Gasteiger partial charge in [-0.3, -0.25) is 34.2 Å². The number of benzene rings is 5. The number of ether oxygens (including phenoxy) is 4. The molecule has 0 aromatic heterocycles. The second-order valence-corrected chi connectivity index (χ2v) is 22.1. The van der Waals surface area contributed by atoms with Gasteiger partial charge in [-0.1, -0.05) is 64.9 Å². The van der Waals surface area contributed by atoms with Crippen molar-refractivity contribution in [1.82, 2.24) is 0 Å². The van der Waals surface area contributed by atoms with Gasteiger partial charge in [0.25, 0.3) is 11.8 Å². The van der Waals surface area contributed by atoms with E-state index in [2.05, 4.69) is 26.1 Å². The molecule has 0 aliphatic carbocycles. The van der Waals surface area contributed by atoms with Crippen LogP contribution in [-0.4, -0.2) is 72.2 Å². The molecule has 362 valence electrons. The fourth-order valence-electron chi connectivity index (χ4n) is 9.31. The first-order valence-corrected chi connectivity index (χ1v) is 25.9. The van der Waals surface area contributed by atoms with E-state index in [1.165, 1.54) is 14.2 Å². The molecule has 1 unspecified atom stereocenters. The predicted molar refractivity (Wildman–Crippen MR) is 280 cm³/mol. The van der Waals surface area contributed by atoms with Crippen LogP contribution in [0.1, 0.15) is 103 Å². The van der Waals surface area contributed by atoms with E-state index in [9.17, 15) is 19.2 Å². The summed E-state index contributed by atoms with van der Waals surface area (Å²) in [6, 6.07) is 27.9. The van der Waals surface area contributed by atoms with Gasteiger partial charge in [0.15, 0.2) is 23.0 Å². The lowest BCUT2D eigenvalue weighted by Crippen LogP contribution is -2.37. The lowest BCUT2D eigenvalue weighted by atomic mass is 10.1. The van der Waals surface area contributed by atoms with E-state index in [4.69, 9.17) is 28.9 Å². The van der Waals surface area contributed by atoms with Gasteiger partial charge in [-0.05, 0) is 105 Å². The van der Waals surface area contributed by atoms with Crippen molar-refractivity contribution in [2.24, 2.45) is 9.98 Å². The smallest absolute Gasteiger partial charge is 0.261 e. The molecular weight excluding hydrogens is 923 g/mol. The molecule has 4 heterocycles. The second-order valence-electron chi connectivity index (χ2n) is 18.8. The Kier molecular flexibility index (Phi) is 14.4. The maximum Gasteiger partial charge on any atom is 0.261 e. The van der Waals surface area contributed by atoms with Crippen LogP contribution in [0.2, 0.25) is 0 Å². The maximum absolute atomic E-state index is 14.1. The van der Waals surface area contributed by atoms with Gasteiger partial charge in [-0.25, -0.2) is 0 Å². The average molecular weight is 980 g/mol. The van der Waals surface area contributed by atoms with Crippen molar-refractivity contribution < 1.29 is 38.1 Å². The molecule has 4 aliphatic heterocycles. The number of para-hydroxylation sites is 2. The van der Waals surface area contributed by atoms with Crippen molar-refractivity contribution >= 4 is 86.0 Å². The van der Waals surface area contributed by atoms with Crippen LogP contribution in [0.5, 0.6) is 23.0 Å². The van der Waals surface area contributed by atoms with E-state index in [0.717, 1.165) is 46.5 Å². The van der Waals surface area contributed by atoms with Gasteiger partial charge in [0, 0.05) is 77.3 Å². The standard InChI is InChI=1S/C55H57N5O8S2/c1-33(61)17-18-34(2)69-70-55(3,4)19-11-16-52(62)58-39-21-35(31-67-50-27-44-42(25-48(50)65-5)53(63)59-40(29-56-44)23-37-12-7-9-14-46(37)59)20-36(22-39)32-68-51-28-45-43(26-49(51)66-6)54(64)60-41(30-57-45)24-38-13-8-10-15-47(38)60/h7-10,12-15,20-22,25-30,34,40-41H,11,16-19,23-24,31-32H2,1-6H3,(H,58,62)/t34?,40-,41-/m0/s1. The highest BCUT2D eigenvalue weighted by molar-refractivity contribution is 8.77. The molecule has 5 aromatic rings. The Hall–Kier alpha value is -6.58. The summed E-state index contributed by atoms with van der Waals surface area (Å²) in [5.41, 5.74) is 7.80. The number of ketones is 1. The van der Waals surface area contributed by atoms with Gasteiger partial charge in [-0.15, -0.1) is 0 Å². The van der Waals surface area contributed by atoms with Gasteiger partial charge in [-0.2, -0.15) is 0 Å². The number of anilines is 3. The summed E-state index contributed by atoms with van der Waals surface area (Å²) in [5.74, 6) is 1.34. The van der Waals surface area contributed by atoms with E-state index in [0.29, 0.717) is 88.5 Å². The van der Waals surface area contributed by atoms with E-state index in [1.807, 2.05) is 79.2 Å². The summed E-state index contributed by atoms with van der Waals surface area (Å²) < 4.78 is 24.4. The number of nitrogens with zero attached hydrogens (tertiary/aromatic N) is 4. The van der Waals surface area contributed by atoms with Crippen molar-refractivity contribution in [3.8, 4) is 23.0 Å². The zero-order valence-electron chi connectivity index (χ0n) is 40.3. The van der Waals surface area contributed by atoms with Gasteiger partial charge >= 0.3 is 0 Å². The zero-order chi connectivity index (χ0) is 49.1. The van der Waals surface area contributed by atoms with Crippen molar-refractivity contribution in [2.45, 2.75) is 108 Å². The van der Waals surface area contributed by atoms with Crippen LogP contribution in [0.4, 0.5) is 28.4 Å². The van der Waals surface area contributed by atoms with Crippen LogP contribution < -0.4 is 34.1 Å². The van der Waals surface area contributed by atoms with E-state index in [-0.39, 0.29) is 53.5 Å². The molecule has 0 spiro atoms. The number of fused-ring (bicyclic) bond motifs is 8. The number of hydrogen-bond donors (Lipinski definition) is 1. The molecule has 15 heteroatoms. The largest absolute Gasteiger partial charge is 0.493 e. The lowest BCUT2D eigenvalue weighted by Gasteiger charge is -2.24. The lowest BCUT2D eigenvalue weighted by molar-refractivity contribution is -0.117. The first-order chi connectivity index (χ1) is 33.8. The monoisotopic (exact) mass is 979 g/mol. The quantitative estimate of drug-likeness (QED) is 0.0793.